The number of rotatable bonds is 3. The first-order chi connectivity index (χ1) is 8.99. The third-order valence-corrected chi connectivity index (χ3v) is 3.76. The van der Waals surface area contributed by atoms with Crippen LogP contribution in [0.15, 0.2) is 40.9 Å². The maximum absolute atomic E-state index is 13.7. The molecule has 100 valence electrons. The van der Waals surface area contributed by atoms with Crippen LogP contribution < -0.4 is 5.32 Å². The molecule has 0 radical (unpaired) electrons. The summed E-state index contributed by atoms with van der Waals surface area (Å²) in [5.41, 5.74) is 1.06. The molecule has 0 amide bonds. The lowest BCUT2D eigenvalue weighted by molar-refractivity contribution is 0.584. The fourth-order valence-corrected chi connectivity index (χ4v) is 2.68. The highest BCUT2D eigenvalue weighted by molar-refractivity contribution is 9.10. The third-order valence-electron chi connectivity index (χ3n) is 2.74. The molecule has 5 heteroatoms. The summed E-state index contributed by atoms with van der Waals surface area (Å²) >= 11 is 9.28. The normalized spacial score (nSPS) is 12.3. The number of anilines is 1. The summed E-state index contributed by atoms with van der Waals surface area (Å²) in [5.74, 6) is -1.40. The first kappa shape index (κ1) is 14.3. The Kier molecular flexibility index (Phi) is 4.42. The van der Waals surface area contributed by atoms with Gasteiger partial charge in [0.2, 0.25) is 0 Å². The number of benzene rings is 2. The molecule has 0 heterocycles. The molecule has 0 aliphatic heterocycles. The van der Waals surface area contributed by atoms with Gasteiger partial charge in [-0.15, -0.1) is 0 Å². The van der Waals surface area contributed by atoms with Crippen LogP contribution in [0, 0.1) is 11.6 Å². The number of halogens is 4. The fourth-order valence-electron chi connectivity index (χ4n) is 1.80. The second-order valence-corrected chi connectivity index (χ2v) is 5.39. The van der Waals surface area contributed by atoms with E-state index >= 15 is 0 Å². The van der Waals surface area contributed by atoms with E-state index in [4.69, 9.17) is 11.6 Å². The van der Waals surface area contributed by atoms with Gasteiger partial charge in [0.15, 0.2) is 5.82 Å². The van der Waals surface area contributed by atoms with Gasteiger partial charge in [-0.1, -0.05) is 45.7 Å². The quantitative estimate of drug-likeness (QED) is 0.768. The van der Waals surface area contributed by atoms with Crippen LogP contribution in [0.4, 0.5) is 14.5 Å². The summed E-state index contributed by atoms with van der Waals surface area (Å²) in [6.45, 7) is 1.87. The first-order valence-electron chi connectivity index (χ1n) is 5.64. The van der Waals surface area contributed by atoms with Gasteiger partial charge in [-0.3, -0.25) is 0 Å². The Morgan fingerprint density at radius 2 is 1.89 bits per heavy atom. The minimum absolute atomic E-state index is 0.0244. The van der Waals surface area contributed by atoms with Gasteiger partial charge in [0.1, 0.15) is 5.82 Å². The smallest absolute Gasteiger partial charge is 0.150 e. The minimum atomic E-state index is -0.705. The maximum Gasteiger partial charge on any atom is 0.150 e. The van der Waals surface area contributed by atoms with Crippen molar-refractivity contribution in [1.82, 2.24) is 0 Å². The summed E-state index contributed by atoms with van der Waals surface area (Å²) in [6, 6.07) is 9.31. The van der Waals surface area contributed by atoms with E-state index < -0.39 is 11.6 Å². The van der Waals surface area contributed by atoms with E-state index in [1.165, 1.54) is 0 Å². The Morgan fingerprint density at radius 3 is 2.53 bits per heavy atom. The van der Waals surface area contributed by atoms with E-state index in [2.05, 4.69) is 21.2 Å². The van der Waals surface area contributed by atoms with Gasteiger partial charge in [0, 0.05) is 16.6 Å². The average Bonchev–Trinajstić information content (AvgIpc) is 2.34. The highest BCUT2D eigenvalue weighted by atomic mass is 79.9. The van der Waals surface area contributed by atoms with Crippen LogP contribution in [0.2, 0.25) is 5.02 Å². The molecule has 0 bridgehead atoms. The lowest BCUT2D eigenvalue weighted by Crippen LogP contribution is -2.09. The number of hydrogen-bond acceptors (Lipinski definition) is 1. The Hall–Kier alpha value is -1.13. The second kappa shape index (κ2) is 5.88. The van der Waals surface area contributed by atoms with Crippen molar-refractivity contribution in [1.29, 1.82) is 0 Å². The summed E-state index contributed by atoms with van der Waals surface area (Å²) < 4.78 is 27.6. The summed E-state index contributed by atoms with van der Waals surface area (Å²) in [6.07, 6.45) is 0. The van der Waals surface area contributed by atoms with E-state index in [1.54, 1.807) is 0 Å². The number of nitrogens with one attached hydrogen (secondary N) is 1. The highest BCUT2D eigenvalue weighted by Gasteiger charge is 2.14. The molecule has 0 saturated carbocycles. The van der Waals surface area contributed by atoms with Gasteiger partial charge >= 0.3 is 0 Å². The zero-order valence-electron chi connectivity index (χ0n) is 10.1. The predicted molar refractivity (Wildman–Crippen MR) is 77.5 cm³/mol. The summed E-state index contributed by atoms with van der Waals surface area (Å²) in [5, 5.41) is 2.98. The van der Waals surface area contributed by atoms with Crippen molar-refractivity contribution in [2.24, 2.45) is 0 Å². The molecule has 0 aromatic heterocycles. The van der Waals surface area contributed by atoms with E-state index in [0.29, 0.717) is 0 Å². The Morgan fingerprint density at radius 1 is 1.21 bits per heavy atom. The summed E-state index contributed by atoms with van der Waals surface area (Å²) in [4.78, 5) is 0. The van der Waals surface area contributed by atoms with Crippen LogP contribution in [-0.2, 0) is 0 Å². The van der Waals surface area contributed by atoms with Gasteiger partial charge in [-0.2, -0.15) is 0 Å². The zero-order valence-corrected chi connectivity index (χ0v) is 12.4. The second-order valence-electron chi connectivity index (χ2n) is 4.13. The van der Waals surface area contributed by atoms with Crippen molar-refractivity contribution in [3.8, 4) is 0 Å². The Balaban J connectivity index is 2.29. The molecule has 0 aliphatic rings. The van der Waals surface area contributed by atoms with Crippen molar-refractivity contribution in [2.45, 2.75) is 13.0 Å². The van der Waals surface area contributed by atoms with Gasteiger partial charge in [0.25, 0.3) is 0 Å². The predicted octanol–water partition coefficient (Wildman–Crippen LogP) is 5.55. The Labute approximate surface area is 123 Å². The molecule has 2 rings (SSSR count). The first-order valence-corrected chi connectivity index (χ1v) is 6.81. The zero-order chi connectivity index (χ0) is 14.0. The molecule has 19 heavy (non-hydrogen) atoms. The van der Waals surface area contributed by atoms with E-state index in [1.807, 2.05) is 31.2 Å². The van der Waals surface area contributed by atoms with Gasteiger partial charge in [-0.05, 0) is 24.6 Å². The molecule has 0 fully saturated rings. The van der Waals surface area contributed by atoms with Crippen LogP contribution in [-0.4, -0.2) is 0 Å². The van der Waals surface area contributed by atoms with E-state index in [9.17, 15) is 8.78 Å². The largest absolute Gasteiger partial charge is 0.375 e. The van der Waals surface area contributed by atoms with Crippen LogP contribution >= 0.6 is 27.5 Å². The van der Waals surface area contributed by atoms with Gasteiger partial charge < -0.3 is 5.32 Å². The highest BCUT2D eigenvalue weighted by Crippen LogP contribution is 2.31. The van der Waals surface area contributed by atoms with Gasteiger partial charge in [0.05, 0.1) is 10.7 Å². The van der Waals surface area contributed by atoms with Crippen molar-refractivity contribution in [3.05, 3.63) is 63.1 Å². The number of hydrogen-bond donors (Lipinski definition) is 1. The monoisotopic (exact) mass is 345 g/mol. The third kappa shape index (κ3) is 3.25. The molecular formula is C14H11BrClF2N. The topological polar surface area (TPSA) is 12.0 Å². The molecular weight excluding hydrogens is 336 g/mol. The van der Waals surface area contributed by atoms with Crippen molar-refractivity contribution in [3.63, 3.8) is 0 Å². The molecule has 2 aromatic rings. The van der Waals surface area contributed by atoms with Crippen LogP contribution in [0.1, 0.15) is 18.5 Å². The molecule has 1 unspecified atom stereocenters. The lowest BCUT2D eigenvalue weighted by Gasteiger charge is -2.18. The molecule has 1 atom stereocenters. The summed E-state index contributed by atoms with van der Waals surface area (Å²) in [7, 11) is 0. The standard InChI is InChI=1S/C14H11BrClF2N/c1-8(10-4-2-3-5-11(10)15)19-14-12(16)6-9(17)7-13(14)18/h2-8,19H,1H3. The minimum Gasteiger partial charge on any atom is -0.375 e. The lowest BCUT2D eigenvalue weighted by atomic mass is 10.1. The van der Waals surface area contributed by atoms with Crippen molar-refractivity contribution >= 4 is 33.2 Å². The average molecular weight is 347 g/mol. The van der Waals surface area contributed by atoms with Crippen molar-refractivity contribution < 1.29 is 8.78 Å². The molecule has 1 nitrogen and oxygen atoms in total. The van der Waals surface area contributed by atoms with Crippen LogP contribution in [0.5, 0.6) is 0 Å². The maximum atomic E-state index is 13.7. The van der Waals surface area contributed by atoms with E-state index in [0.717, 1.165) is 22.2 Å². The SMILES string of the molecule is CC(Nc1c(F)cc(F)cc1Cl)c1ccccc1Br. The van der Waals surface area contributed by atoms with Crippen LogP contribution in [0.25, 0.3) is 0 Å². The van der Waals surface area contributed by atoms with Crippen molar-refractivity contribution in [2.75, 3.05) is 5.32 Å². The molecule has 0 spiro atoms. The Bertz CT molecular complexity index is 581. The fraction of sp³-hybridized carbons (Fsp3) is 0.143. The molecule has 0 aliphatic carbocycles. The van der Waals surface area contributed by atoms with Gasteiger partial charge in [-0.25, -0.2) is 8.78 Å². The van der Waals surface area contributed by atoms with Crippen LogP contribution in [0.3, 0.4) is 0 Å². The molecule has 1 N–H and O–H groups in total. The van der Waals surface area contributed by atoms with E-state index in [-0.39, 0.29) is 16.8 Å². The molecule has 2 aromatic carbocycles. The molecule has 0 saturated heterocycles.